The van der Waals surface area contributed by atoms with Crippen molar-refractivity contribution in [1.82, 2.24) is 9.97 Å². The number of rotatable bonds is 6. The second-order valence-corrected chi connectivity index (χ2v) is 5.96. The van der Waals surface area contributed by atoms with E-state index in [0.717, 1.165) is 31.8 Å². The summed E-state index contributed by atoms with van der Waals surface area (Å²) in [7, 11) is 1.42. The molecule has 2 rings (SSSR count). The minimum absolute atomic E-state index is 0.145. The number of halogens is 1. The van der Waals surface area contributed by atoms with Gasteiger partial charge in [0.25, 0.3) is 0 Å². The van der Waals surface area contributed by atoms with Crippen molar-refractivity contribution in [2.24, 2.45) is 11.7 Å². The quantitative estimate of drug-likeness (QED) is 0.610. The lowest BCUT2D eigenvalue weighted by molar-refractivity contribution is -0.121. The fourth-order valence-corrected chi connectivity index (χ4v) is 2.84. The van der Waals surface area contributed by atoms with E-state index in [-0.39, 0.29) is 23.6 Å². The van der Waals surface area contributed by atoms with Gasteiger partial charge in [0.1, 0.15) is 23.7 Å². The Bertz CT molecular complexity index is 702. The summed E-state index contributed by atoms with van der Waals surface area (Å²) in [6.07, 6.45) is 6.08. The van der Waals surface area contributed by atoms with E-state index in [1.807, 2.05) is 0 Å². The summed E-state index contributed by atoms with van der Waals surface area (Å²) in [6, 6.07) is 1.39. The zero-order chi connectivity index (χ0) is 18.4. The maximum atomic E-state index is 13.2. The number of amides is 1. The van der Waals surface area contributed by atoms with Crippen molar-refractivity contribution in [2.75, 3.05) is 12.4 Å². The lowest BCUT2D eigenvalue weighted by atomic mass is 9.84. The highest BCUT2D eigenvalue weighted by atomic mass is 19.1. The number of nitrogens with one attached hydrogen (secondary N) is 1. The summed E-state index contributed by atoms with van der Waals surface area (Å²) in [5, 5.41) is 2.76. The smallest absolute Gasteiger partial charge is 0.230 e. The molecule has 6 nitrogen and oxygen atoms in total. The van der Waals surface area contributed by atoms with E-state index in [4.69, 9.17) is 10.5 Å². The molecule has 1 saturated carbocycles. The van der Waals surface area contributed by atoms with Crippen molar-refractivity contribution in [3.05, 3.63) is 48.9 Å². The highest BCUT2D eigenvalue weighted by Gasteiger charge is 2.28. The van der Waals surface area contributed by atoms with E-state index < -0.39 is 5.83 Å². The third-order valence-electron chi connectivity index (χ3n) is 4.20. The Balaban J connectivity index is 2.21. The second kappa shape index (κ2) is 8.53. The van der Waals surface area contributed by atoms with Gasteiger partial charge in [-0.25, -0.2) is 14.4 Å². The summed E-state index contributed by atoms with van der Waals surface area (Å²) >= 11 is 0. The van der Waals surface area contributed by atoms with Crippen LogP contribution in [-0.2, 0) is 9.53 Å². The van der Waals surface area contributed by atoms with Gasteiger partial charge >= 0.3 is 0 Å². The first kappa shape index (κ1) is 18.8. The number of hydrogen-bond donors (Lipinski definition) is 2. The Labute approximate surface area is 146 Å². The molecule has 3 N–H and O–H groups in total. The summed E-state index contributed by atoms with van der Waals surface area (Å²) in [6.45, 7) is 6.93. The zero-order valence-corrected chi connectivity index (χ0v) is 14.3. The number of ether oxygens (including phenoxy) is 1. The predicted octanol–water partition coefficient (Wildman–Crippen LogP) is 2.96. The number of nitrogens with zero attached hydrogens (tertiary/aromatic N) is 2. The third-order valence-corrected chi connectivity index (χ3v) is 4.20. The molecule has 7 heteroatoms. The standard InChI is InChI=1S/C18H23FN4O2/c1-11(19)8-14(12(2)25-3)16-9-17(22-10-21-16)23-18(24)13-6-4-5-7-15(13)20/h8-10,13,15H,1-2,4-7,20H2,3H3,(H,21,22,23,24)/b14-8+/t13-,15+/m0/s1. The van der Waals surface area contributed by atoms with E-state index in [1.54, 1.807) is 0 Å². The van der Waals surface area contributed by atoms with Crippen LogP contribution in [0.25, 0.3) is 5.57 Å². The van der Waals surface area contributed by atoms with Gasteiger partial charge in [-0.3, -0.25) is 4.79 Å². The zero-order valence-electron chi connectivity index (χ0n) is 14.3. The van der Waals surface area contributed by atoms with Crippen molar-refractivity contribution < 1.29 is 13.9 Å². The molecule has 1 aliphatic carbocycles. The van der Waals surface area contributed by atoms with Crippen LogP contribution < -0.4 is 11.1 Å². The summed E-state index contributed by atoms with van der Waals surface area (Å²) in [4.78, 5) is 20.6. The van der Waals surface area contributed by atoms with Crippen molar-refractivity contribution in [3.63, 3.8) is 0 Å². The minimum Gasteiger partial charge on any atom is -0.497 e. The van der Waals surface area contributed by atoms with E-state index in [2.05, 4.69) is 28.4 Å². The lowest BCUT2D eigenvalue weighted by Gasteiger charge is -2.27. The Hall–Kier alpha value is -2.54. The van der Waals surface area contributed by atoms with Crippen LogP contribution >= 0.6 is 0 Å². The Morgan fingerprint density at radius 1 is 1.40 bits per heavy atom. The predicted molar refractivity (Wildman–Crippen MR) is 95.0 cm³/mol. The highest BCUT2D eigenvalue weighted by Crippen LogP contribution is 2.26. The van der Waals surface area contributed by atoms with Gasteiger partial charge < -0.3 is 15.8 Å². The van der Waals surface area contributed by atoms with Gasteiger partial charge in [0.15, 0.2) is 0 Å². The third kappa shape index (κ3) is 4.96. The Kier molecular flexibility index (Phi) is 6.41. The first-order chi connectivity index (χ1) is 11.9. The van der Waals surface area contributed by atoms with E-state index in [0.29, 0.717) is 17.1 Å². The van der Waals surface area contributed by atoms with Crippen molar-refractivity contribution >= 4 is 17.3 Å². The average Bonchev–Trinajstić information content (AvgIpc) is 2.59. The van der Waals surface area contributed by atoms with Gasteiger partial charge in [-0.05, 0) is 18.9 Å². The van der Waals surface area contributed by atoms with Crippen molar-refractivity contribution in [1.29, 1.82) is 0 Å². The summed E-state index contributed by atoms with van der Waals surface area (Å²) < 4.78 is 18.3. The van der Waals surface area contributed by atoms with Gasteiger partial charge in [0.2, 0.25) is 5.91 Å². The van der Waals surface area contributed by atoms with Gasteiger partial charge in [0, 0.05) is 17.7 Å². The number of methoxy groups -OCH3 is 1. The van der Waals surface area contributed by atoms with Crippen LogP contribution in [0.4, 0.5) is 10.2 Å². The molecule has 1 aromatic rings. The van der Waals surface area contributed by atoms with Crippen LogP contribution in [0, 0.1) is 5.92 Å². The van der Waals surface area contributed by atoms with Crippen LogP contribution in [0.3, 0.4) is 0 Å². The number of allylic oxidation sites excluding steroid dienone is 3. The van der Waals surface area contributed by atoms with Gasteiger partial charge in [-0.15, -0.1) is 0 Å². The molecule has 2 atom stereocenters. The van der Waals surface area contributed by atoms with E-state index in [9.17, 15) is 9.18 Å². The molecule has 1 aromatic heterocycles. The SMILES string of the molecule is C=C(F)/C=C(\C(=C)OC)c1cc(NC(=O)[C@H]2CCCC[C@H]2N)ncn1. The maximum Gasteiger partial charge on any atom is 0.230 e. The fourth-order valence-electron chi connectivity index (χ4n) is 2.84. The molecule has 0 spiro atoms. The molecule has 0 unspecified atom stereocenters. The number of aromatic nitrogens is 2. The largest absolute Gasteiger partial charge is 0.497 e. The van der Waals surface area contributed by atoms with Gasteiger partial charge in [-0.2, -0.15) is 0 Å². The topological polar surface area (TPSA) is 90.1 Å². The second-order valence-electron chi connectivity index (χ2n) is 5.96. The fraction of sp³-hybridized carbons (Fsp3) is 0.389. The number of carbonyl (C=O) groups is 1. The van der Waals surface area contributed by atoms with Gasteiger partial charge in [-0.1, -0.05) is 26.0 Å². The van der Waals surface area contributed by atoms with Crippen LogP contribution in [0.15, 0.2) is 43.2 Å². The Morgan fingerprint density at radius 3 is 2.76 bits per heavy atom. The molecular weight excluding hydrogens is 323 g/mol. The van der Waals surface area contributed by atoms with Crippen LogP contribution in [0.5, 0.6) is 0 Å². The van der Waals surface area contributed by atoms with E-state index >= 15 is 0 Å². The molecular formula is C18H23FN4O2. The molecule has 0 saturated heterocycles. The van der Waals surface area contributed by atoms with Crippen LogP contribution in [-0.4, -0.2) is 29.0 Å². The molecule has 0 bridgehead atoms. The molecule has 1 aliphatic rings. The van der Waals surface area contributed by atoms with Crippen LogP contribution in [0.1, 0.15) is 31.4 Å². The van der Waals surface area contributed by atoms with Crippen molar-refractivity contribution in [3.8, 4) is 0 Å². The minimum atomic E-state index is -0.662. The maximum absolute atomic E-state index is 13.2. The molecule has 0 aliphatic heterocycles. The molecule has 25 heavy (non-hydrogen) atoms. The molecule has 1 fully saturated rings. The number of hydrogen-bond acceptors (Lipinski definition) is 5. The lowest BCUT2D eigenvalue weighted by Crippen LogP contribution is -2.40. The monoisotopic (exact) mass is 346 g/mol. The molecule has 1 amide bonds. The van der Waals surface area contributed by atoms with Crippen LogP contribution in [0.2, 0.25) is 0 Å². The molecule has 134 valence electrons. The van der Waals surface area contributed by atoms with E-state index in [1.165, 1.54) is 19.5 Å². The Morgan fingerprint density at radius 2 is 2.12 bits per heavy atom. The molecule has 0 aromatic carbocycles. The average molecular weight is 346 g/mol. The normalized spacial score (nSPS) is 20.7. The number of anilines is 1. The van der Waals surface area contributed by atoms with Gasteiger partial charge in [0.05, 0.1) is 18.7 Å². The number of nitrogens with two attached hydrogens (primary N) is 1. The first-order valence-corrected chi connectivity index (χ1v) is 8.10. The molecule has 1 heterocycles. The molecule has 0 radical (unpaired) electrons. The highest BCUT2D eigenvalue weighted by molar-refractivity contribution is 5.92. The number of carbonyl (C=O) groups excluding carboxylic acids is 1. The first-order valence-electron chi connectivity index (χ1n) is 8.10. The van der Waals surface area contributed by atoms with Crippen molar-refractivity contribution in [2.45, 2.75) is 31.7 Å². The summed E-state index contributed by atoms with van der Waals surface area (Å²) in [5.74, 6) is -0.522. The summed E-state index contributed by atoms with van der Waals surface area (Å²) in [5.41, 5.74) is 6.73.